The molecule has 1 N–H and O–H groups in total. The van der Waals surface area contributed by atoms with Crippen LogP contribution in [0.4, 0.5) is 5.69 Å². The topological polar surface area (TPSA) is 81.5 Å². The molecule has 1 saturated carbocycles. The van der Waals surface area contributed by atoms with Gasteiger partial charge in [0.05, 0.1) is 12.0 Å². The van der Waals surface area contributed by atoms with E-state index in [-0.39, 0.29) is 17.0 Å². The van der Waals surface area contributed by atoms with E-state index in [0.717, 1.165) is 31.4 Å². The van der Waals surface area contributed by atoms with Crippen LogP contribution >= 0.6 is 0 Å². The normalized spacial score (nSPS) is 15.3. The molecule has 6 nitrogen and oxygen atoms in total. The Morgan fingerprint density at radius 3 is 2.41 bits per heavy atom. The molecule has 1 fully saturated rings. The molecule has 1 aliphatic rings. The molecule has 0 aliphatic heterocycles. The van der Waals surface area contributed by atoms with Crippen molar-refractivity contribution >= 4 is 11.6 Å². The van der Waals surface area contributed by atoms with Crippen LogP contribution < -0.4 is 10.1 Å². The van der Waals surface area contributed by atoms with Gasteiger partial charge in [0.15, 0.2) is 0 Å². The van der Waals surface area contributed by atoms with Gasteiger partial charge in [0.25, 0.3) is 11.6 Å². The van der Waals surface area contributed by atoms with Gasteiger partial charge in [0.2, 0.25) is 0 Å². The summed E-state index contributed by atoms with van der Waals surface area (Å²) in [6.45, 7) is 2.19. The zero-order chi connectivity index (χ0) is 19.4. The first kappa shape index (κ1) is 18.9. The van der Waals surface area contributed by atoms with Crippen molar-refractivity contribution < 1.29 is 14.5 Å². The van der Waals surface area contributed by atoms with E-state index in [1.54, 1.807) is 20.1 Å². The summed E-state index contributed by atoms with van der Waals surface area (Å²) in [5.41, 5.74) is 2.09. The Kier molecular flexibility index (Phi) is 5.44. The summed E-state index contributed by atoms with van der Waals surface area (Å²) in [4.78, 5) is 23.1. The van der Waals surface area contributed by atoms with Crippen LogP contribution in [0.25, 0.3) is 0 Å². The van der Waals surface area contributed by atoms with Crippen LogP contribution in [0.2, 0.25) is 0 Å². The van der Waals surface area contributed by atoms with Gasteiger partial charge >= 0.3 is 0 Å². The number of hydrogen-bond donors (Lipinski definition) is 1. The number of carbonyl (C=O) groups is 1. The Balaban J connectivity index is 1.75. The van der Waals surface area contributed by atoms with Crippen molar-refractivity contribution in [1.82, 2.24) is 5.32 Å². The Bertz CT molecular complexity index is 840. The van der Waals surface area contributed by atoms with Gasteiger partial charge in [-0.1, -0.05) is 25.0 Å². The molecule has 142 valence electrons. The van der Waals surface area contributed by atoms with Crippen molar-refractivity contribution in [3.63, 3.8) is 0 Å². The minimum absolute atomic E-state index is 0.0250. The number of amides is 1. The van der Waals surface area contributed by atoms with E-state index < -0.39 is 4.92 Å². The minimum atomic E-state index is -0.436. The Labute approximate surface area is 158 Å². The highest BCUT2D eigenvalue weighted by molar-refractivity contribution is 5.94. The number of carbonyl (C=O) groups excluding carboxylic acids is 1. The summed E-state index contributed by atoms with van der Waals surface area (Å²) in [5.74, 6) is 0.616. The van der Waals surface area contributed by atoms with Crippen LogP contribution in [0, 0.1) is 17.0 Å². The monoisotopic (exact) mass is 368 g/mol. The molecule has 2 aromatic carbocycles. The van der Waals surface area contributed by atoms with E-state index in [2.05, 4.69) is 17.4 Å². The highest BCUT2D eigenvalue weighted by atomic mass is 16.6. The fraction of sp³-hybridized carbons (Fsp3) is 0.381. The largest absolute Gasteiger partial charge is 0.497 e. The molecule has 0 bridgehead atoms. The Morgan fingerprint density at radius 1 is 1.19 bits per heavy atom. The summed E-state index contributed by atoms with van der Waals surface area (Å²) in [5, 5.41) is 14.0. The molecule has 0 radical (unpaired) electrons. The number of rotatable bonds is 6. The first-order chi connectivity index (χ1) is 12.9. The molecule has 1 aliphatic carbocycles. The number of nitro benzene ring substituents is 1. The van der Waals surface area contributed by atoms with Crippen molar-refractivity contribution in [3.8, 4) is 5.75 Å². The quantitative estimate of drug-likeness (QED) is 0.613. The van der Waals surface area contributed by atoms with Crippen LogP contribution in [0.1, 0.15) is 47.2 Å². The lowest BCUT2D eigenvalue weighted by atomic mass is 9.78. The number of nitro groups is 1. The van der Waals surface area contributed by atoms with Crippen LogP contribution in [-0.2, 0) is 5.41 Å². The van der Waals surface area contributed by atoms with E-state index in [4.69, 9.17) is 4.74 Å². The van der Waals surface area contributed by atoms with Crippen molar-refractivity contribution in [2.45, 2.75) is 38.0 Å². The van der Waals surface area contributed by atoms with E-state index >= 15 is 0 Å². The molecule has 0 unspecified atom stereocenters. The van der Waals surface area contributed by atoms with Gasteiger partial charge in [-0.15, -0.1) is 0 Å². The molecule has 1 amide bonds. The van der Waals surface area contributed by atoms with Gasteiger partial charge in [-0.05, 0) is 49.6 Å². The molecule has 0 aromatic heterocycles. The summed E-state index contributed by atoms with van der Waals surface area (Å²) < 4.78 is 5.24. The minimum Gasteiger partial charge on any atom is -0.497 e. The molecule has 0 spiro atoms. The first-order valence-electron chi connectivity index (χ1n) is 9.13. The van der Waals surface area contributed by atoms with Crippen LogP contribution in [0.3, 0.4) is 0 Å². The summed E-state index contributed by atoms with van der Waals surface area (Å²) >= 11 is 0. The molecule has 27 heavy (non-hydrogen) atoms. The van der Waals surface area contributed by atoms with E-state index in [9.17, 15) is 14.9 Å². The van der Waals surface area contributed by atoms with E-state index in [1.165, 1.54) is 17.7 Å². The molecular weight excluding hydrogens is 344 g/mol. The first-order valence-corrected chi connectivity index (χ1v) is 9.13. The van der Waals surface area contributed by atoms with Gasteiger partial charge in [-0.2, -0.15) is 0 Å². The summed E-state index contributed by atoms with van der Waals surface area (Å²) in [6, 6.07) is 12.5. The maximum Gasteiger partial charge on any atom is 0.272 e. The van der Waals surface area contributed by atoms with Gasteiger partial charge in [0, 0.05) is 29.2 Å². The van der Waals surface area contributed by atoms with Crippen molar-refractivity contribution in [1.29, 1.82) is 0 Å². The average molecular weight is 368 g/mol. The highest BCUT2D eigenvalue weighted by Crippen LogP contribution is 2.41. The SMILES string of the molecule is COc1ccc(C2(CNC(=O)c3ccc([N+](=O)[O-])c(C)c3)CCCC2)cc1. The number of nitrogens with zero attached hydrogens (tertiary/aromatic N) is 1. The van der Waals surface area contributed by atoms with Crippen LogP contribution in [0.5, 0.6) is 5.75 Å². The Morgan fingerprint density at radius 2 is 1.85 bits per heavy atom. The van der Waals surface area contributed by atoms with Crippen molar-refractivity contribution in [2.75, 3.05) is 13.7 Å². The maximum absolute atomic E-state index is 12.6. The second-order valence-corrected chi connectivity index (χ2v) is 7.16. The number of benzene rings is 2. The summed E-state index contributed by atoms with van der Waals surface area (Å²) in [6.07, 6.45) is 4.33. The number of methoxy groups -OCH3 is 1. The smallest absolute Gasteiger partial charge is 0.272 e. The van der Waals surface area contributed by atoms with Gasteiger partial charge in [0.1, 0.15) is 5.75 Å². The lowest BCUT2D eigenvalue weighted by Gasteiger charge is -2.30. The van der Waals surface area contributed by atoms with Gasteiger partial charge < -0.3 is 10.1 Å². The fourth-order valence-corrected chi connectivity index (χ4v) is 3.92. The molecule has 0 saturated heterocycles. The van der Waals surface area contributed by atoms with Crippen LogP contribution in [-0.4, -0.2) is 24.5 Å². The van der Waals surface area contributed by atoms with E-state index in [0.29, 0.717) is 17.7 Å². The zero-order valence-electron chi connectivity index (χ0n) is 15.7. The van der Waals surface area contributed by atoms with Crippen molar-refractivity contribution in [2.24, 2.45) is 0 Å². The predicted molar refractivity (Wildman–Crippen MR) is 103 cm³/mol. The van der Waals surface area contributed by atoms with E-state index in [1.807, 2.05) is 12.1 Å². The molecular formula is C21H24N2O4. The number of ether oxygens (including phenoxy) is 1. The third kappa shape index (κ3) is 3.94. The lowest BCUT2D eigenvalue weighted by Crippen LogP contribution is -2.39. The fourth-order valence-electron chi connectivity index (χ4n) is 3.92. The predicted octanol–water partition coefficient (Wildman–Crippen LogP) is 4.15. The second kappa shape index (κ2) is 7.78. The molecule has 0 heterocycles. The zero-order valence-corrected chi connectivity index (χ0v) is 15.7. The highest BCUT2D eigenvalue weighted by Gasteiger charge is 2.36. The number of nitrogens with one attached hydrogen (secondary N) is 1. The van der Waals surface area contributed by atoms with Crippen LogP contribution in [0.15, 0.2) is 42.5 Å². The Hall–Kier alpha value is -2.89. The second-order valence-electron chi connectivity index (χ2n) is 7.16. The summed E-state index contributed by atoms with van der Waals surface area (Å²) in [7, 11) is 1.65. The maximum atomic E-state index is 12.6. The number of aryl methyl sites for hydroxylation is 1. The van der Waals surface area contributed by atoms with Gasteiger partial charge in [-0.3, -0.25) is 14.9 Å². The number of hydrogen-bond acceptors (Lipinski definition) is 4. The standard InChI is InChI=1S/C21H24N2O4/c1-15-13-16(5-10-19(15)23(25)26)20(24)22-14-21(11-3-4-12-21)17-6-8-18(27-2)9-7-17/h5-10,13H,3-4,11-12,14H2,1-2H3,(H,22,24). The third-order valence-corrected chi connectivity index (χ3v) is 5.51. The van der Waals surface area contributed by atoms with Crippen molar-refractivity contribution in [3.05, 3.63) is 69.3 Å². The molecule has 6 heteroatoms. The van der Waals surface area contributed by atoms with Gasteiger partial charge in [-0.25, -0.2) is 0 Å². The third-order valence-electron chi connectivity index (χ3n) is 5.51. The molecule has 2 aromatic rings. The molecule has 3 rings (SSSR count). The molecule has 0 atom stereocenters. The lowest BCUT2D eigenvalue weighted by molar-refractivity contribution is -0.385. The average Bonchev–Trinajstić information content (AvgIpc) is 3.16.